The molecule has 1 aromatic heterocycles. The Bertz CT molecular complexity index is 572. The second kappa shape index (κ2) is 5.23. The first-order valence-electron chi connectivity index (χ1n) is 6.12. The van der Waals surface area contributed by atoms with Gasteiger partial charge in [-0.3, -0.25) is 0 Å². The lowest BCUT2D eigenvalue weighted by Gasteiger charge is -2.07. The van der Waals surface area contributed by atoms with Crippen LogP contribution in [0.25, 0.3) is 10.9 Å². The number of fused-ring (bicyclic) bond motifs is 1. The molecule has 0 fully saturated rings. The molecule has 0 bridgehead atoms. The van der Waals surface area contributed by atoms with Crippen LogP contribution >= 0.6 is 0 Å². The molecule has 18 heavy (non-hydrogen) atoms. The minimum absolute atomic E-state index is 0.298. The molecule has 2 N–H and O–H groups in total. The van der Waals surface area contributed by atoms with Gasteiger partial charge in [0.1, 0.15) is 0 Å². The quantitative estimate of drug-likeness (QED) is 0.839. The van der Waals surface area contributed by atoms with Gasteiger partial charge in [-0.25, -0.2) is 4.79 Å². The minimum atomic E-state index is -0.298. The molecule has 0 aliphatic heterocycles. The number of aryl methyl sites for hydroxylation is 1. The molecular weight excluding hydrogens is 228 g/mol. The molecule has 0 aliphatic carbocycles. The third-order valence-corrected chi connectivity index (χ3v) is 3.15. The molecule has 1 heterocycles. The molecule has 2 rings (SSSR count). The molecule has 1 aromatic carbocycles. The Hall–Kier alpha value is -1.81. The van der Waals surface area contributed by atoms with Crippen LogP contribution < -0.4 is 5.73 Å². The highest BCUT2D eigenvalue weighted by Crippen LogP contribution is 2.24. The van der Waals surface area contributed by atoms with E-state index in [9.17, 15) is 4.79 Å². The number of carbonyl (C=O) groups excluding carboxylic acids is 1. The molecule has 0 saturated carbocycles. The van der Waals surface area contributed by atoms with Crippen molar-refractivity contribution in [2.75, 3.05) is 13.7 Å². The summed E-state index contributed by atoms with van der Waals surface area (Å²) in [4.78, 5) is 11.7. The van der Waals surface area contributed by atoms with Gasteiger partial charge in [-0.05, 0) is 38.1 Å². The van der Waals surface area contributed by atoms with Gasteiger partial charge in [-0.2, -0.15) is 0 Å². The Kier molecular flexibility index (Phi) is 3.67. The van der Waals surface area contributed by atoms with Gasteiger partial charge in [-0.15, -0.1) is 0 Å². The summed E-state index contributed by atoms with van der Waals surface area (Å²) in [5.41, 5.74) is 8.45. The number of nitrogens with zero attached hydrogens (tertiary/aromatic N) is 1. The first kappa shape index (κ1) is 12.6. The Morgan fingerprint density at radius 3 is 2.83 bits per heavy atom. The number of rotatable bonds is 4. The summed E-state index contributed by atoms with van der Waals surface area (Å²) >= 11 is 0. The number of ether oxygens (including phenoxy) is 1. The maximum absolute atomic E-state index is 11.7. The number of hydrogen-bond acceptors (Lipinski definition) is 3. The van der Waals surface area contributed by atoms with E-state index in [1.807, 2.05) is 18.2 Å². The maximum atomic E-state index is 11.7. The lowest BCUT2D eigenvalue weighted by atomic mass is 10.1. The van der Waals surface area contributed by atoms with Crippen LogP contribution in [0.4, 0.5) is 0 Å². The van der Waals surface area contributed by atoms with Crippen molar-refractivity contribution < 1.29 is 9.53 Å². The summed E-state index contributed by atoms with van der Waals surface area (Å²) < 4.78 is 7.00. The van der Waals surface area contributed by atoms with E-state index >= 15 is 0 Å². The Balaban J connectivity index is 2.67. The van der Waals surface area contributed by atoms with E-state index < -0.39 is 0 Å². The fourth-order valence-corrected chi connectivity index (χ4v) is 2.36. The van der Waals surface area contributed by atoms with Gasteiger partial charge in [0.2, 0.25) is 0 Å². The number of methoxy groups -OCH3 is 1. The molecule has 4 heteroatoms. The Morgan fingerprint density at radius 1 is 1.44 bits per heavy atom. The fourth-order valence-electron chi connectivity index (χ4n) is 2.36. The van der Waals surface area contributed by atoms with E-state index in [-0.39, 0.29) is 5.97 Å². The van der Waals surface area contributed by atoms with Crippen LogP contribution in [0.1, 0.15) is 23.0 Å². The zero-order chi connectivity index (χ0) is 13.1. The number of esters is 1. The topological polar surface area (TPSA) is 57.2 Å². The van der Waals surface area contributed by atoms with Crippen molar-refractivity contribution in [1.82, 2.24) is 4.57 Å². The summed E-state index contributed by atoms with van der Waals surface area (Å²) in [6.45, 7) is 3.55. The van der Waals surface area contributed by atoms with Crippen molar-refractivity contribution in [3.05, 3.63) is 35.5 Å². The van der Waals surface area contributed by atoms with Gasteiger partial charge in [0.05, 0.1) is 12.7 Å². The molecule has 0 unspecified atom stereocenters. The first-order valence-corrected chi connectivity index (χ1v) is 6.12. The molecule has 0 atom stereocenters. The predicted octanol–water partition coefficient (Wildman–Crippen LogP) is 1.95. The van der Waals surface area contributed by atoms with Crippen molar-refractivity contribution in [1.29, 1.82) is 0 Å². The molecule has 0 radical (unpaired) electrons. The van der Waals surface area contributed by atoms with E-state index in [1.54, 1.807) is 6.07 Å². The van der Waals surface area contributed by atoms with E-state index in [2.05, 4.69) is 11.5 Å². The van der Waals surface area contributed by atoms with Crippen LogP contribution in [-0.2, 0) is 17.7 Å². The number of aromatic nitrogens is 1. The molecule has 0 amide bonds. The summed E-state index contributed by atoms with van der Waals surface area (Å²) in [7, 11) is 1.40. The Morgan fingerprint density at radius 2 is 2.22 bits per heavy atom. The monoisotopic (exact) mass is 246 g/mol. The summed E-state index contributed by atoms with van der Waals surface area (Å²) in [6.07, 6.45) is 0.809. The summed E-state index contributed by atoms with van der Waals surface area (Å²) in [5.74, 6) is -0.298. The van der Waals surface area contributed by atoms with Crippen molar-refractivity contribution in [3.63, 3.8) is 0 Å². The molecule has 0 saturated heterocycles. The Labute approximate surface area is 106 Å². The van der Waals surface area contributed by atoms with Crippen molar-refractivity contribution in [2.24, 2.45) is 5.73 Å². The van der Waals surface area contributed by atoms with Crippen LogP contribution in [0.5, 0.6) is 0 Å². The molecule has 0 spiro atoms. The highest BCUT2D eigenvalue weighted by Gasteiger charge is 2.14. The van der Waals surface area contributed by atoms with Gasteiger partial charge < -0.3 is 15.0 Å². The smallest absolute Gasteiger partial charge is 0.338 e. The first-order chi connectivity index (χ1) is 8.72. The van der Waals surface area contributed by atoms with Crippen molar-refractivity contribution in [3.8, 4) is 0 Å². The van der Waals surface area contributed by atoms with Crippen molar-refractivity contribution >= 4 is 16.9 Å². The zero-order valence-electron chi connectivity index (χ0n) is 10.8. The number of carbonyl (C=O) groups is 1. The second-order valence-electron chi connectivity index (χ2n) is 4.15. The van der Waals surface area contributed by atoms with Gasteiger partial charge in [0.25, 0.3) is 0 Å². The van der Waals surface area contributed by atoms with Gasteiger partial charge in [-0.1, -0.05) is 6.07 Å². The van der Waals surface area contributed by atoms with Crippen LogP contribution in [0, 0.1) is 0 Å². The standard InChI is InChI=1S/C14H18N2O2/c1-3-16-10(7-8-15)9-12-11(14(17)18-2)5-4-6-13(12)16/h4-6,9H,3,7-8,15H2,1-2H3. The molecule has 2 aromatic rings. The zero-order valence-corrected chi connectivity index (χ0v) is 10.8. The largest absolute Gasteiger partial charge is 0.465 e. The minimum Gasteiger partial charge on any atom is -0.465 e. The maximum Gasteiger partial charge on any atom is 0.338 e. The fraction of sp³-hybridized carbons (Fsp3) is 0.357. The predicted molar refractivity (Wildman–Crippen MR) is 71.7 cm³/mol. The van der Waals surface area contributed by atoms with Crippen LogP contribution in [-0.4, -0.2) is 24.2 Å². The van der Waals surface area contributed by atoms with Crippen LogP contribution in [0.2, 0.25) is 0 Å². The van der Waals surface area contributed by atoms with E-state index in [4.69, 9.17) is 10.5 Å². The highest BCUT2D eigenvalue weighted by atomic mass is 16.5. The lowest BCUT2D eigenvalue weighted by Crippen LogP contribution is -2.08. The van der Waals surface area contributed by atoms with Gasteiger partial charge in [0.15, 0.2) is 0 Å². The van der Waals surface area contributed by atoms with Crippen LogP contribution in [0.3, 0.4) is 0 Å². The second-order valence-corrected chi connectivity index (χ2v) is 4.15. The SMILES string of the molecule is CCn1c(CCN)cc2c(C(=O)OC)cccc21. The number of benzene rings is 1. The van der Waals surface area contributed by atoms with E-state index in [1.165, 1.54) is 7.11 Å². The lowest BCUT2D eigenvalue weighted by molar-refractivity contribution is 0.0603. The average Bonchev–Trinajstić information content (AvgIpc) is 2.75. The van der Waals surface area contributed by atoms with E-state index in [0.717, 1.165) is 29.6 Å². The number of nitrogens with two attached hydrogens (primary N) is 1. The molecule has 0 aliphatic rings. The third kappa shape index (κ3) is 1.99. The third-order valence-electron chi connectivity index (χ3n) is 3.15. The molecule has 4 nitrogen and oxygen atoms in total. The van der Waals surface area contributed by atoms with Gasteiger partial charge in [0, 0.05) is 23.1 Å². The van der Waals surface area contributed by atoms with E-state index in [0.29, 0.717) is 12.1 Å². The normalized spacial score (nSPS) is 10.8. The highest BCUT2D eigenvalue weighted by molar-refractivity contribution is 6.04. The molecule has 96 valence electrons. The molecular formula is C14H18N2O2. The summed E-state index contributed by atoms with van der Waals surface area (Å²) in [5, 5.41) is 0.939. The number of hydrogen-bond donors (Lipinski definition) is 1. The average molecular weight is 246 g/mol. The van der Waals surface area contributed by atoms with Gasteiger partial charge >= 0.3 is 5.97 Å². The van der Waals surface area contributed by atoms with Crippen molar-refractivity contribution in [2.45, 2.75) is 19.9 Å². The summed E-state index contributed by atoms with van der Waals surface area (Å²) in [6, 6.07) is 7.73. The van der Waals surface area contributed by atoms with Crippen LogP contribution in [0.15, 0.2) is 24.3 Å².